The highest BCUT2D eigenvalue weighted by molar-refractivity contribution is 6.11. The zero-order valence-electron chi connectivity index (χ0n) is 25.9. The summed E-state index contributed by atoms with van der Waals surface area (Å²) in [6.45, 7) is 2.99. The van der Waals surface area contributed by atoms with Crippen LogP contribution in [-0.2, 0) is 13.0 Å². The number of H-pyrrole nitrogens is 1. The fourth-order valence-electron chi connectivity index (χ4n) is 6.83. The van der Waals surface area contributed by atoms with Gasteiger partial charge in [-0.05, 0) is 67.5 Å². The number of piperidine rings is 1. The van der Waals surface area contributed by atoms with E-state index in [4.69, 9.17) is 5.10 Å². The number of hydrogen-bond acceptors (Lipinski definition) is 5. The van der Waals surface area contributed by atoms with Crippen molar-refractivity contribution in [1.29, 1.82) is 0 Å². The number of nitrogens with one attached hydrogen (secondary N) is 2. The van der Waals surface area contributed by atoms with Crippen LogP contribution in [-0.4, -0.2) is 54.6 Å². The van der Waals surface area contributed by atoms with Gasteiger partial charge < -0.3 is 15.3 Å². The van der Waals surface area contributed by atoms with E-state index in [-0.39, 0.29) is 23.4 Å². The van der Waals surface area contributed by atoms with Crippen molar-refractivity contribution in [3.05, 3.63) is 124 Å². The molecule has 10 nitrogen and oxygen atoms in total. The lowest BCUT2D eigenvalue weighted by atomic mass is 9.87. The summed E-state index contributed by atoms with van der Waals surface area (Å²) in [5, 5.41) is 26.7. The number of anilines is 1. The first-order valence-corrected chi connectivity index (χ1v) is 15.7. The minimum atomic E-state index is -0.889. The standard InChI is InChI=1S/C37H34N6O4/c1-23-19-26(15-16-28(23)33-29-11-5-6-12-30(29)35(44)40-39-33)38-36(45)34-31-13-7-8-14-32(31)43(41-34)22-25-17-18-42(37(46)47)27(21-25)20-24-9-3-2-4-10-24/h2-16,19,25,27H,17-18,20-22H2,1H3,(H,38,45)(H,40,44)(H,46,47). The van der Waals surface area contributed by atoms with E-state index in [0.717, 1.165) is 39.4 Å². The van der Waals surface area contributed by atoms with Crippen LogP contribution in [0.5, 0.6) is 0 Å². The van der Waals surface area contributed by atoms with E-state index in [1.165, 1.54) is 0 Å². The number of fused-ring (bicyclic) bond motifs is 2. The highest BCUT2D eigenvalue weighted by Gasteiger charge is 2.32. The maximum Gasteiger partial charge on any atom is 0.407 e. The third-order valence-corrected chi connectivity index (χ3v) is 9.12. The van der Waals surface area contributed by atoms with Gasteiger partial charge in [-0.1, -0.05) is 72.8 Å². The summed E-state index contributed by atoms with van der Waals surface area (Å²) in [4.78, 5) is 39.6. The van der Waals surface area contributed by atoms with Gasteiger partial charge in [-0.2, -0.15) is 10.2 Å². The number of para-hydroxylation sites is 1. The Morgan fingerprint density at radius 3 is 2.43 bits per heavy atom. The molecule has 7 rings (SSSR count). The van der Waals surface area contributed by atoms with Crippen LogP contribution in [0.4, 0.5) is 10.5 Å². The van der Waals surface area contributed by atoms with Crippen LogP contribution in [0.2, 0.25) is 0 Å². The summed E-state index contributed by atoms with van der Waals surface area (Å²) in [6, 6.07) is 30.5. The molecule has 0 aliphatic carbocycles. The van der Waals surface area contributed by atoms with E-state index in [2.05, 4.69) is 15.5 Å². The van der Waals surface area contributed by atoms with Crippen LogP contribution in [0.3, 0.4) is 0 Å². The van der Waals surface area contributed by atoms with Gasteiger partial charge in [0.1, 0.15) is 0 Å². The van der Waals surface area contributed by atoms with Gasteiger partial charge in [-0.3, -0.25) is 14.3 Å². The summed E-state index contributed by atoms with van der Waals surface area (Å²) in [6.07, 6.45) is 1.20. The van der Waals surface area contributed by atoms with E-state index in [1.54, 1.807) is 11.0 Å². The SMILES string of the molecule is Cc1cc(NC(=O)c2nn(CC3CCN(C(=O)O)C(Cc4ccccc4)C3)c3ccccc23)ccc1-c1n[nH]c(=O)c2ccccc12. The van der Waals surface area contributed by atoms with Crippen molar-refractivity contribution >= 4 is 39.4 Å². The van der Waals surface area contributed by atoms with Crippen LogP contribution < -0.4 is 10.9 Å². The first-order chi connectivity index (χ1) is 22.9. The first kappa shape index (κ1) is 29.9. The Balaban J connectivity index is 1.12. The molecule has 3 N–H and O–H groups in total. The van der Waals surface area contributed by atoms with Crippen molar-refractivity contribution in [3.63, 3.8) is 0 Å². The second kappa shape index (κ2) is 12.6. The predicted octanol–water partition coefficient (Wildman–Crippen LogP) is 6.50. The van der Waals surface area contributed by atoms with Crippen LogP contribution in [0.15, 0.2) is 102 Å². The molecule has 6 aromatic rings. The fraction of sp³-hybridized carbons (Fsp3) is 0.216. The van der Waals surface area contributed by atoms with E-state index in [1.807, 2.05) is 103 Å². The first-order valence-electron chi connectivity index (χ1n) is 15.7. The Labute approximate surface area is 270 Å². The number of carbonyl (C=O) groups excluding carboxylic acids is 1. The molecule has 1 aliphatic heterocycles. The molecule has 0 saturated carbocycles. The van der Waals surface area contributed by atoms with Crippen LogP contribution in [0.1, 0.15) is 34.5 Å². The molecule has 2 aromatic heterocycles. The Bertz CT molecular complexity index is 2170. The second-order valence-corrected chi connectivity index (χ2v) is 12.2. The molecule has 2 atom stereocenters. The van der Waals surface area contributed by atoms with E-state index < -0.39 is 6.09 Å². The number of rotatable bonds is 7. The molecule has 1 saturated heterocycles. The molecular weight excluding hydrogens is 592 g/mol. The lowest BCUT2D eigenvalue weighted by Crippen LogP contribution is -2.47. The average molecular weight is 627 g/mol. The number of aromatic nitrogens is 4. The zero-order chi connectivity index (χ0) is 32.5. The van der Waals surface area contributed by atoms with E-state index >= 15 is 0 Å². The molecule has 2 unspecified atom stereocenters. The maximum atomic E-state index is 13.7. The van der Waals surface area contributed by atoms with E-state index in [0.29, 0.717) is 48.4 Å². The van der Waals surface area contributed by atoms with Gasteiger partial charge >= 0.3 is 6.09 Å². The number of amides is 2. The second-order valence-electron chi connectivity index (χ2n) is 12.2. The number of nitrogens with zero attached hydrogens (tertiary/aromatic N) is 4. The van der Waals surface area contributed by atoms with Crippen molar-refractivity contribution < 1.29 is 14.7 Å². The van der Waals surface area contributed by atoms with Gasteiger partial charge in [-0.15, -0.1) is 0 Å². The summed E-state index contributed by atoms with van der Waals surface area (Å²) in [5.74, 6) is -0.117. The molecule has 1 aliphatic rings. The summed E-state index contributed by atoms with van der Waals surface area (Å²) < 4.78 is 1.90. The molecular formula is C37H34N6O4. The monoisotopic (exact) mass is 626 g/mol. The number of benzene rings is 4. The number of carboxylic acid groups (broad SMARTS) is 1. The van der Waals surface area contributed by atoms with Crippen molar-refractivity contribution in [3.8, 4) is 11.3 Å². The summed E-state index contributed by atoms with van der Waals surface area (Å²) in [7, 11) is 0. The minimum absolute atomic E-state index is 0.131. The molecule has 47 heavy (non-hydrogen) atoms. The van der Waals surface area contributed by atoms with Gasteiger partial charge in [0.15, 0.2) is 5.69 Å². The zero-order valence-corrected chi connectivity index (χ0v) is 25.9. The molecule has 236 valence electrons. The van der Waals surface area contributed by atoms with Gasteiger partial charge in [-0.25, -0.2) is 9.89 Å². The normalized spacial score (nSPS) is 16.4. The van der Waals surface area contributed by atoms with Gasteiger partial charge in [0.05, 0.1) is 16.6 Å². The molecule has 4 aromatic carbocycles. The Kier molecular flexibility index (Phi) is 7.99. The topological polar surface area (TPSA) is 133 Å². The van der Waals surface area contributed by atoms with Gasteiger partial charge in [0, 0.05) is 41.2 Å². The molecule has 3 heterocycles. The number of aromatic amines is 1. The third kappa shape index (κ3) is 5.97. The highest BCUT2D eigenvalue weighted by atomic mass is 16.4. The average Bonchev–Trinajstić information content (AvgIpc) is 3.44. The van der Waals surface area contributed by atoms with Crippen molar-refractivity contribution in [2.45, 2.75) is 38.8 Å². The van der Waals surface area contributed by atoms with Crippen molar-refractivity contribution in [2.75, 3.05) is 11.9 Å². The Hall–Kier alpha value is -5.77. The molecule has 0 radical (unpaired) electrons. The van der Waals surface area contributed by atoms with Crippen molar-refractivity contribution in [1.82, 2.24) is 24.9 Å². The Morgan fingerprint density at radius 1 is 0.936 bits per heavy atom. The Morgan fingerprint density at radius 2 is 1.66 bits per heavy atom. The molecule has 1 fully saturated rings. The third-order valence-electron chi connectivity index (χ3n) is 9.12. The van der Waals surface area contributed by atoms with Gasteiger partial charge in [0.25, 0.3) is 11.5 Å². The minimum Gasteiger partial charge on any atom is -0.465 e. The number of carbonyl (C=O) groups is 2. The molecule has 0 bridgehead atoms. The number of hydrogen-bond donors (Lipinski definition) is 3. The summed E-state index contributed by atoms with van der Waals surface area (Å²) in [5.41, 5.74) is 5.09. The predicted molar refractivity (Wildman–Crippen MR) is 182 cm³/mol. The smallest absolute Gasteiger partial charge is 0.407 e. The van der Waals surface area contributed by atoms with Crippen LogP contribution in [0.25, 0.3) is 32.9 Å². The lowest BCUT2D eigenvalue weighted by molar-refractivity contribution is 0.0851. The summed E-state index contributed by atoms with van der Waals surface area (Å²) >= 11 is 0. The van der Waals surface area contributed by atoms with Crippen LogP contribution in [0, 0.1) is 12.8 Å². The lowest BCUT2D eigenvalue weighted by Gasteiger charge is -2.38. The molecule has 10 heteroatoms. The molecule has 0 spiro atoms. The number of aryl methyl sites for hydroxylation is 1. The van der Waals surface area contributed by atoms with Crippen molar-refractivity contribution in [2.24, 2.45) is 5.92 Å². The van der Waals surface area contributed by atoms with Crippen LogP contribution >= 0.6 is 0 Å². The quantitative estimate of drug-likeness (QED) is 0.185. The maximum absolute atomic E-state index is 13.7. The largest absolute Gasteiger partial charge is 0.465 e. The van der Waals surface area contributed by atoms with Gasteiger partial charge in [0.2, 0.25) is 0 Å². The van der Waals surface area contributed by atoms with E-state index in [9.17, 15) is 19.5 Å². The highest BCUT2D eigenvalue weighted by Crippen LogP contribution is 2.31. The fourth-order valence-corrected chi connectivity index (χ4v) is 6.83. The number of likely N-dealkylation sites (tertiary alicyclic amines) is 1. The molecule has 2 amide bonds.